The van der Waals surface area contributed by atoms with Gasteiger partial charge in [0.15, 0.2) is 75.8 Å². The van der Waals surface area contributed by atoms with Crippen LogP contribution in [0.25, 0.3) is 22.3 Å². The van der Waals surface area contributed by atoms with Crippen LogP contribution in [0, 0.1) is 47.3 Å². The Morgan fingerprint density at radius 1 is 0.329 bits per heavy atom. The Labute approximate surface area is 414 Å². The van der Waals surface area contributed by atoms with Gasteiger partial charge in [0.25, 0.3) is 0 Å². The number of aromatic nitrogens is 4. The van der Waals surface area contributed by atoms with Crippen LogP contribution in [0.2, 0.25) is 0 Å². The van der Waals surface area contributed by atoms with E-state index < -0.39 is 31.2 Å². The van der Waals surface area contributed by atoms with Gasteiger partial charge in [0, 0.05) is 72.5 Å². The summed E-state index contributed by atoms with van der Waals surface area (Å²) < 4.78 is 254. The number of hydrogen-bond acceptors (Lipinski definition) is 1. The summed E-state index contributed by atoms with van der Waals surface area (Å²) in [6.45, 7) is 3.85. The third kappa shape index (κ3) is 16.0. The zero-order chi connectivity index (χ0) is 56.8. The monoisotopic (exact) mass is 1210 g/mol. The number of hydrogen-bond donors (Lipinski definition) is 0. The maximum atomic E-state index is 9.87. The Balaban J connectivity index is 0.000000226. The Morgan fingerprint density at radius 2 is 0.553 bits per heavy atom. The van der Waals surface area contributed by atoms with E-state index in [1.807, 2.05) is 0 Å². The van der Waals surface area contributed by atoms with Crippen LogP contribution in [0.5, 0.6) is 0 Å². The first kappa shape index (κ1) is 58.0. The molecule has 7 fully saturated rings. The molecule has 10 atom stereocenters. The van der Waals surface area contributed by atoms with E-state index in [2.05, 4.69) is 141 Å². The summed E-state index contributed by atoms with van der Waals surface area (Å²) in [6, 6.07) is 27.3. The van der Waals surface area contributed by atoms with Crippen LogP contribution in [0.15, 0.2) is 122 Å². The second kappa shape index (κ2) is 15.4. The largest absolute Gasteiger partial charge is 0.367 e. The van der Waals surface area contributed by atoms with Crippen molar-refractivity contribution in [1.29, 1.82) is 0 Å². The molecule has 5 saturated carbocycles. The van der Waals surface area contributed by atoms with Crippen molar-refractivity contribution in [1.82, 2.24) is 0 Å². The summed E-state index contributed by atoms with van der Waals surface area (Å²) in [6.07, 6.45) is 21.9. The topological polar surface area (TPSA) is 24.8 Å². The van der Waals surface area contributed by atoms with Crippen LogP contribution in [0.3, 0.4) is 0 Å². The molecule has 5 aliphatic carbocycles. The van der Waals surface area contributed by atoms with Gasteiger partial charge in [-0.2, -0.15) is 0 Å². The standard InChI is InChI=1S/C43H42N4O.4F6P/c1-2-29-4-3-28(1)26-46-19-9-32(10-20-46)30-5-15-44(16-6-30)23-13-42-38-34-25-35-37-36(34)40(42)41(37)43(48-42,39(35)38)14-24-45-17-7-31(8-18-45)33-11-21-47(27-29)22-12-33;4*1-7(2,3,4,5)6/h1-12,15-22,34-41H,13-14,23-27H2;;;;/q+4;4*-1/t34-,35+,36+,37-,38-,39+,40+,41-,42-,43+;;;;. The molecule has 2 spiro atoms. The van der Waals surface area contributed by atoms with Crippen molar-refractivity contribution in [2.45, 2.75) is 56.6 Å². The van der Waals surface area contributed by atoms with Gasteiger partial charge in [-0.3, -0.25) is 0 Å². The maximum Gasteiger partial charge on any atom is 0.173 e. The van der Waals surface area contributed by atoms with E-state index in [-0.39, 0.29) is 11.2 Å². The Kier molecular flexibility index (Phi) is 11.7. The average molecular weight is 1210 g/mol. The van der Waals surface area contributed by atoms with Gasteiger partial charge in [0.05, 0.1) is 11.2 Å². The Morgan fingerprint density at radius 3 is 0.789 bits per heavy atom. The molecule has 1 aromatic carbocycles. The molecule has 2 saturated heterocycles. The zero-order valence-corrected chi connectivity index (χ0v) is 41.8. The molecule has 4 aromatic heterocycles. The number of benzene rings is 1. The second-order valence-electron chi connectivity index (χ2n) is 20.2. The van der Waals surface area contributed by atoms with E-state index in [9.17, 15) is 101 Å². The molecule has 0 N–H and O–H groups in total. The van der Waals surface area contributed by atoms with Gasteiger partial charge in [0.1, 0.15) is 0 Å². The summed E-state index contributed by atoms with van der Waals surface area (Å²) in [7, 11) is -42.6. The van der Waals surface area contributed by atoms with Gasteiger partial charge in [-0.1, -0.05) is 24.3 Å². The van der Waals surface area contributed by atoms with Crippen molar-refractivity contribution in [3.63, 3.8) is 0 Å². The molecule has 0 radical (unpaired) electrons. The van der Waals surface area contributed by atoms with Crippen molar-refractivity contribution in [2.24, 2.45) is 47.3 Å². The average Bonchev–Trinajstić information content (AvgIpc) is 3.90. The second-order valence-corrected chi connectivity index (χ2v) is 27.8. The van der Waals surface area contributed by atoms with Crippen LogP contribution in [0.4, 0.5) is 101 Å². The molecular weight excluding hydrogens is 1170 g/mol. The van der Waals surface area contributed by atoms with E-state index in [4.69, 9.17) is 4.74 Å². The molecule has 26 rings (SSSR count). The molecule has 16 aliphatic heterocycles. The van der Waals surface area contributed by atoms with E-state index in [1.54, 1.807) is 0 Å². The summed E-state index contributed by atoms with van der Waals surface area (Å²) in [5.41, 5.74) is 7.98. The fourth-order valence-corrected chi connectivity index (χ4v) is 13.2. The summed E-state index contributed by atoms with van der Waals surface area (Å²) >= 11 is 0. The van der Waals surface area contributed by atoms with Gasteiger partial charge in [-0.25, -0.2) is 18.3 Å². The molecule has 20 heterocycles. The quantitative estimate of drug-likeness (QED) is 0.0862. The van der Waals surface area contributed by atoms with Crippen molar-refractivity contribution in [2.75, 3.05) is 0 Å². The Bertz CT molecular complexity index is 2730. The first-order chi connectivity index (χ1) is 33.5. The van der Waals surface area contributed by atoms with Crippen molar-refractivity contribution >= 4 is 31.2 Å². The van der Waals surface area contributed by atoms with Crippen LogP contribution < -0.4 is 18.3 Å². The molecule has 0 unspecified atom stereocenters. The molecular formula is C43H42F24N4OP4. The fourth-order valence-electron chi connectivity index (χ4n) is 13.2. The van der Waals surface area contributed by atoms with Crippen LogP contribution in [-0.2, 0) is 30.9 Å². The summed E-state index contributed by atoms with van der Waals surface area (Å²) in [5, 5.41) is 0. The van der Waals surface area contributed by atoms with E-state index in [0.717, 1.165) is 73.5 Å². The van der Waals surface area contributed by atoms with E-state index in [0.29, 0.717) is 0 Å². The van der Waals surface area contributed by atoms with Crippen LogP contribution >= 0.6 is 31.2 Å². The fraction of sp³-hybridized carbons (Fsp3) is 0.395. The predicted octanol–water partition coefficient (Wildman–Crippen LogP) is 18.5. The molecule has 33 heteroatoms. The Hall–Kier alpha value is -4.18. The normalized spacial score (nSPS) is 31.9. The van der Waals surface area contributed by atoms with Gasteiger partial charge in [-0.15, -0.1) is 0 Å². The van der Waals surface area contributed by atoms with Gasteiger partial charge in [-0.05, 0) is 76.0 Å². The minimum Gasteiger partial charge on any atom is -0.367 e. The van der Waals surface area contributed by atoms with Crippen LogP contribution in [0.1, 0.15) is 30.4 Å². The zero-order valence-electron chi connectivity index (χ0n) is 38.2. The maximum absolute atomic E-state index is 10.7. The number of nitrogens with zero attached hydrogens (tertiary/aromatic N) is 4. The van der Waals surface area contributed by atoms with Gasteiger partial charge < -0.3 is 4.74 Å². The van der Waals surface area contributed by atoms with E-state index in [1.165, 1.54) is 52.6 Å². The van der Waals surface area contributed by atoms with Gasteiger partial charge >= 0.3 is 132 Å². The third-order valence-corrected chi connectivity index (χ3v) is 14.6. The number of rotatable bonds is 0. The van der Waals surface area contributed by atoms with Gasteiger partial charge in [0.2, 0.25) is 0 Å². The SMILES string of the molecule is F[P-](F)(F)(F)(F)F.F[P-](F)(F)(F)(F)F.F[P-](F)(F)(F)(F)F.F[P-](F)(F)(F)(F)F.c1cc2ccc1C[n+]1ccc(cc1)-c1cc[n+](cc1)CC[C@@]13O[C@]4(CC[n+]5ccc(cc5)-c5cc[n+](cc5)C2)[C@@H]2[C@@H]5C[C@@H]([C@@H]6[C@H]5[C@H]4[C@@H]61)[C@@H]23. The molecule has 0 amide bonds. The predicted molar refractivity (Wildman–Crippen MR) is 232 cm³/mol. The summed E-state index contributed by atoms with van der Waals surface area (Å²) in [5.74, 6) is 7.13. The van der Waals surface area contributed by atoms with E-state index >= 15 is 0 Å². The van der Waals surface area contributed by atoms with Crippen molar-refractivity contribution in [3.05, 3.63) is 133 Å². The minimum atomic E-state index is -10.7. The molecule has 428 valence electrons. The molecule has 14 bridgehead atoms. The molecule has 5 nitrogen and oxygen atoms in total. The number of halogens is 24. The smallest absolute Gasteiger partial charge is 0.173 e. The first-order valence-electron chi connectivity index (χ1n) is 22.5. The minimum absolute atomic E-state index is 0.130. The number of pyridine rings is 4. The van der Waals surface area contributed by atoms with Crippen molar-refractivity contribution in [3.8, 4) is 22.3 Å². The molecule has 5 aromatic rings. The summed E-state index contributed by atoms with van der Waals surface area (Å²) in [4.78, 5) is 0. The molecule has 21 aliphatic rings. The van der Waals surface area contributed by atoms with Crippen molar-refractivity contribution < 1.29 is 124 Å². The number of aryl methyl sites for hydroxylation is 2. The molecule has 76 heavy (non-hydrogen) atoms. The third-order valence-electron chi connectivity index (χ3n) is 14.6. The van der Waals surface area contributed by atoms with Crippen LogP contribution in [-0.4, -0.2) is 11.2 Å². The number of ether oxygens (including phenoxy) is 1. The first-order valence-corrected chi connectivity index (χ1v) is 30.6.